The monoisotopic (exact) mass is 325 g/mol. The van der Waals surface area contributed by atoms with Gasteiger partial charge in [0.15, 0.2) is 0 Å². The van der Waals surface area contributed by atoms with Crippen molar-refractivity contribution in [2.24, 2.45) is 0 Å². The first kappa shape index (κ1) is 17.2. The first-order valence-corrected chi connectivity index (χ1v) is 7.51. The van der Waals surface area contributed by atoms with Gasteiger partial charge in [0, 0.05) is 12.6 Å². The molecule has 24 heavy (non-hydrogen) atoms. The Kier molecular flexibility index (Phi) is 6.08. The number of likely N-dealkylation sites (N-methyl/N-ethyl adjacent to an activating group) is 1. The molecule has 0 spiro atoms. The molecule has 0 fully saturated rings. The van der Waals surface area contributed by atoms with E-state index >= 15 is 0 Å². The van der Waals surface area contributed by atoms with Crippen LogP contribution in [0, 0.1) is 0 Å². The van der Waals surface area contributed by atoms with Gasteiger partial charge in [-0.05, 0) is 23.3 Å². The summed E-state index contributed by atoms with van der Waals surface area (Å²) in [5.74, 6) is -1.07. The Labute approximate surface area is 140 Å². The topological polar surface area (TPSA) is 87.3 Å². The van der Waals surface area contributed by atoms with Crippen molar-refractivity contribution in [1.29, 1.82) is 0 Å². The minimum atomic E-state index is -0.423. The second-order valence-electron chi connectivity index (χ2n) is 5.08. The molecule has 2 aromatic carbocycles. The summed E-state index contributed by atoms with van der Waals surface area (Å²) in [5.41, 5.74) is 2.54. The van der Waals surface area contributed by atoms with E-state index in [-0.39, 0.29) is 24.9 Å². The van der Waals surface area contributed by atoms with Crippen molar-refractivity contribution < 1.29 is 14.4 Å². The molecule has 0 radical (unpaired) electrons. The lowest BCUT2D eigenvalue weighted by molar-refractivity contribution is -0.125. The van der Waals surface area contributed by atoms with Crippen LogP contribution in [-0.2, 0) is 9.59 Å². The molecule has 3 N–H and O–H groups in total. The van der Waals surface area contributed by atoms with Crippen LogP contribution in [0.25, 0.3) is 11.1 Å². The maximum Gasteiger partial charge on any atom is 0.251 e. The van der Waals surface area contributed by atoms with E-state index in [0.29, 0.717) is 5.56 Å². The molecule has 0 unspecified atom stereocenters. The zero-order valence-electron chi connectivity index (χ0n) is 13.3. The number of rotatable bonds is 6. The number of nitrogens with one attached hydrogen (secondary N) is 3. The van der Waals surface area contributed by atoms with E-state index in [2.05, 4.69) is 16.0 Å². The van der Waals surface area contributed by atoms with Gasteiger partial charge < -0.3 is 16.0 Å². The van der Waals surface area contributed by atoms with Gasteiger partial charge in [-0.2, -0.15) is 0 Å². The maximum absolute atomic E-state index is 12.0. The molecule has 6 nitrogen and oxygen atoms in total. The lowest BCUT2D eigenvalue weighted by Crippen LogP contribution is -2.41. The van der Waals surface area contributed by atoms with Gasteiger partial charge >= 0.3 is 0 Å². The van der Waals surface area contributed by atoms with Crippen LogP contribution in [0.5, 0.6) is 0 Å². The van der Waals surface area contributed by atoms with Gasteiger partial charge in [0.2, 0.25) is 11.8 Å². The number of hydrogen-bond donors (Lipinski definition) is 3. The summed E-state index contributed by atoms with van der Waals surface area (Å²) >= 11 is 0. The first-order chi connectivity index (χ1) is 11.6. The SMILES string of the molecule is CNC(=O)CNC(=O)CNC(=O)c1ccc(-c2ccccc2)cc1. The lowest BCUT2D eigenvalue weighted by Gasteiger charge is -2.07. The van der Waals surface area contributed by atoms with E-state index in [0.717, 1.165) is 11.1 Å². The number of hydrogen-bond acceptors (Lipinski definition) is 3. The highest BCUT2D eigenvalue weighted by molar-refractivity contribution is 5.97. The Hall–Kier alpha value is -3.15. The van der Waals surface area contributed by atoms with E-state index in [4.69, 9.17) is 0 Å². The molecule has 0 heterocycles. The van der Waals surface area contributed by atoms with Crippen molar-refractivity contribution in [1.82, 2.24) is 16.0 Å². The highest BCUT2D eigenvalue weighted by atomic mass is 16.2. The smallest absolute Gasteiger partial charge is 0.251 e. The predicted molar refractivity (Wildman–Crippen MR) is 91.3 cm³/mol. The third kappa shape index (κ3) is 4.95. The molecule has 0 saturated carbocycles. The molecule has 2 rings (SSSR count). The molecule has 2 aromatic rings. The van der Waals surface area contributed by atoms with Gasteiger partial charge in [-0.3, -0.25) is 14.4 Å². The zero-order chi connectivity index (χ0) is 17.4. The molecule has 6 heteroatoms. The quantitative estimate of drug-likeness (QED) is 0.739. The van der Waals surface area contributed by atoms with Crippen molar-refractivity contribution in [3.63, 3.8) is 0 Å². The average Bonchev–Trinajstić information content (AvgIpc) is 2.64. The van der Waals surface area contributed by atoms with Crippen LogP contribution in [0.15, 0.2) is 54.6 Å². The van der Waals surface area contributed by atoms with Gasteiger partial charge in [0.1, 0.15) is 0 Å². The molecule has 0 aliphatic carbocycles. The number of carbonyl (C=O) groups excluding carboxylic acids is 3. The first-order valence-electron chi connectivity index (χ1n) is 7.51. The average molecular weight is 325 g/mol. The van der Waals surface area contributed by atoms with Crippen LogP contribution in [-0.4, -0.2) is 37.9 Å². The normalized spacial score (nSPS) is 9.88. The molecule has 3 amide bonds. The Morgan fingerprint density at radius 1 is 0.750 bits per heavy atom. The maximum atomic E-state index is 12.0. The minimum absolute atomic E-state index is 0.114. The molecule has 0 saturated heterocycles. The van der Waals surface area contributed by atoms with E-state index in [1.165, 1.54) is 7.05 Å². The van der Waals surface area contributed by atoms with Crippen LogP contribution in [0.3, 0.4) is 0 Å². The van der Waals surface area contributed by atoms with E-state index in [1.54, 1.807) is 12.1 Å². The van der Waals surface area contributed by atoms with Crippen molar-refractivity contribution in [2.45, 2.75) is 0 Å². The summed E-state index contributed by atoms with van der Waals surface area (Å²) in [5, 5.41) is 7.31. The molecule has 124 valence electrons. The Morgan fingerprint density at radius 3 is 1.96 bits per heavy atom. The van der Waals surface area contributed by atoms with Crippen LogP contribution in [0.1, 0.15) is 10.4 Å². The molecule has 0 aromatic heterocycles. The number of benzene rings is 2. The summed E-state index contributed by atoms with van der Waals surface area (Å²) in [4.78, 5) is 34.6. The van der Waals surface area contributed by atoms with Crippen molar-refractivity contribution in [3.05, 3.63) is 60.2 Å². The van der Waals surface area contributed by atoms with Crippen LogP contribution < -0.4 is 16.0 Å². The molecular formula is C18H19N3O3. The summed E-state index contributed by atoms with van der Waals surface area (Å²) in [6.45, 7) is -0.298. The van der Waals surface area contributed by atoms with Crippen LogP contribution in [0.4, 0.5) is 0 Å². The number of amides is 3. The lowest BCUT2D eigenvalue weighted by atomic mass is 10.0. The Morgan fingerprint density at radius 2 is 1.33 bits per heavy atom. The van der Waals surface area contributed by atoms with E-state index in [1.807, 2.05) is 42.5 Å². The Balaban J connectivity index is 1.87. The molecule has 0 bridgehead atoms. The fourth-order valence-corrected chi connectivity index (χ4v) is 2.04. The molecule has 0 aliphatic rings. The predicted octanol–water partition coefficient (Wildman–Crippen LogP) is 0.946. The molecule has 0 atom stereocenters. The van der Waals surface area contributed by atoms with Crippen LogP contribution in [0.2, 0.25) is 0 Å². The van der Waals surface area contributed by atoms with Crippen molar-refractivity contribution >= 4 is 17.7 Å². The highest BCUT2D eigenvalue weighted by Crippen LogP contribution is 2.19. The van der Waals surface area contributed by atoms with Gasteiger partial charge in [-0.15, -0.1) is 0 Å². The molecular weight excluding hydrogens is 306 g/mol. The zero-order valence-corrected chi connectivity index (χ0v) is 13.3. The summed E-state index contributed by atoms with van der Waals surface area (Å²) < 4.78 is 0. The standard InChI is InChI=1S/C18H19N3O3/c1-19-16(22)11-20-17(23)12-21-18(24)15-9-7-14(8-10-15)13-5-3-2-4-6-13/h2-10H,11-12H2,1H3,(H,19,22)(H,20,23)(H,21,24). The summed E-state index contributed by atoms with van der Waals surface area (Å²) in [6.07, 6.45) is 0. The fraction of sp³-hybridized carbons (Fsp3) is 0.167. The minimum Gasteiger partial charge on any atom is -0.358 e. The van der Waals surface area contributed by atoms with Crippen LogP contribution >= 0.6 is 0 Å². The second kappa shape index (κ2) is 8.47. The fourth-order valence-electron chi connectivity index (χ4n) is 2.04. The van der Waals surface area contributed by atoms with Crippen molar-refractivity contribution in [2.75, 3.05) is 20.1 Å². The van der Waals surface area contributed by atoms with Gasteiger partial charge in [0.25, 0.3) is 5.91 Å². The van der Waals surface area contributed by atoms with Gasteiger partial charge in [-0.1, -0.05) is 42.5 Å². The van der Waals surface area contributed by atoms with Gasteiger partial charge in [0.05, 0.1) is 13.1 Å². The van der Waals surface area contributed by atoms with E-state index < -0.39 is 5.91 Å². The third-order valence-corrected chi connectivity index (χ3v) is 3.39. The summed E-state index contributed by atoms with van der Waals surface area (Å²) in [6, 6.07) is 17.0. The third-order valence-electron chi connectivity index (χ3n) is 3.39. The Bertz CT molecular complexity index is 712. The highest BCUT2D eigenvalue weighted by Gasteiger charge is 2.09. The van der Waals surface area contributed by atoms with Crippen molar-refractivity contribution in [3.8, 4) is 11.1 Å². The van der Waals surface area contributed by atoms with Gasteiger partial charge in [-0.25, -0.2) is 0 Å². The van der Waals surface area contributed by atoms with E-state index in [9.17, 15) is 14.4 Å². The largest absolute Gasteiger partial charge is 0.358 e. The second-order valence-corrected chi connectivity index (χ2v) is 5.08. The number of carbonyl (C=O) groups is 3. The summed E-state index contributed by atoms with van der Waals surface area (Å²) in [7, 11) is 1.48. The molecule has 0 aliphatic heterocycles.